The van der Waals surface area contributed by atoms with Crippen LogP contribution in [0.5, 0.6) is 11.5 Å². The van der Waals surface area contributed by atoms with Crippen LogP contribution in [0.3, 0.4) is 0 Å². The molecular formula is C21H20O5S2. The van der Waals surface area contributed by atoms with Crippen molar-refractivity contribution in [3.05, 3.63) is 59.2 Å². The summed E-state index contributed by atoms with van der Waals surface area (Å²) in [5, 5.41) is 0. The molecule has 2 aliphatic rings. The average Bonchev–Trinajstić information content (AvgIpc) is 2.77. The molecule has 0 amide bonds. The van der Waals surface area contributed by atoms with Gasteiger partial charge in [0.2, 0.25) is 0 Å². The van der Waals surface area contributed by atoms with E-state index in [0.29, 0.717) is 40.4 Å². The number of Topliss-reactive ketones (excluding diaryl/α,β-unsaturated/α-hetero) is 1. The summed E-state index contributed by atoms with van der Waals surface area (Å²) in [4.78, 5) is 24.6. The number of rotatable bonds is 5. The van der Waals surface area contributed by atoms with Crippen LogP contribution in [-0.4, -0.2) is 43.1 Å². The van der Waals surface area contributed by atoms with Crippen LogP contribution in [0.25, 0.3) is 0 Å². The van der Waals surface area contributed by atoms with Crippen LogP contribution in [0.2, 0.25) is 0 Å². The van der Waals surface area contributed by atoms with Gasteiger partial charge in [0.15, 0.2) is 23.9 Å². The highest BCUT2D eigenvalue weighted by Gasteiger charge is 2.19. The molecule has 146 valence electrons. The highest BCUT2D eigenvalue weighted by Crippen LogP contribution is 2.43. The Kier molecular flexibility index (Phi) is 6.12. The van der Waals surface area contributed by atoms with Crippen LogP contribution >= 0.6 is 23.5 Å². The van der Waals surface area contributed by atoms with E-state index in [1.54, 1.807) is 30.3 Å². The number of thioether (sulfide) groups is 2. The molecule has 1 saturated heterocycles. The van der Waals surface area contributed by atoms with Crippen molar-refractivity contribution in [2.45, 2.75) is 11.0 Å². The zero-order chi connectivity index (χ0) is 19.3. The maximum Gasteiger partial charge on any atom is 0.338 e. The van der Waals surface area contributed by atoms with Gasteiger partial charge in [-0.05, 0) is 53.8 Å². The lowest BCUT2D eigenvalue weighted by Gasteiger charge is -2.21. The number of carbonyl (C=O) groups excluding carboxylic acids is 2. The molecule has 1 fully saturated rings. The fourth-order valence-electron chi connectivity index (χ4n) is 2.97. The monoisotopic (exact) mass is 416 g/mol. The van der Waals surface area contributed by atoms with Gasteiger partial charge < -0.3 is 14.2 Å². The Bertz CT molecular complexity index is 860. The molecule has 2 aromatic carbocycles. The Labute approximate surface area is 172 Å². The number of fused-ring (bicyclic) bond motifs is 1. The Hall–Kier alpha value is -2.12. The van der Waals surface area contributed by atoms with Gasteiger partial charge in [0.25, 0.3) is 0 Å². The minimum atomic E-state index is -0.499. The molecule has 0 radical (unpaired) electrons. The molecule has 0 aliphatic carbocycles. The SMILES string of the molecule is O=C(COC(=O)c1ccc(C2SCCCS2)cc1)c1ccc2c(c1)OCCO2. The van der Waals surface area contributed by atoms with Gasteiger partial charge in [-0.1, -0.05) is 12.1 Å². The summed E-state index contributed by atoms with van der Waals surface area (Å²) in [7, 11) is 0. The van der Waals surface area contributed by atoms with Gasteiger partial charge in [0.1, 0.15) is 13.2 Å². The molecule has 0 unspecified atom stereocenters. The molecule has 0 saturated carbocycles. The van der Waals surface area contributed by atoms with E-state index in [1.807, 2.05) is 35.7 Å². The summed E-state index contributed by atoms with van der Waals surface area (Å²) >= 11 is 3.87. The summed E-state index contributed by atoms with van der Waals surface area (Å²) in [5.41, 5.74) is 2.09. The van der Waals surface area contributed by atoms with Gasteiger partial charge in [-0.3, -0.25) is 4.79 Å². The standard InChI is InChI=1S/C21H20O5S2/c22-17(16-6-7-18-19(12-16)25-9-8-24-18)13-26-20(23)14-2-4-15(5-3-14)21-27-10-1-11-28-21/h2-7,12,21H,1,8-11,13H2. The molecule has 4 rings (SSSR count). The second-order valence-corrected chi connectivity index (χ2v) is 9.13. The van der Waals surface area contributed by atoms with E-state index in [2.05, 4.69) is 0 Å². The number of benzene rings is 2. The predicted molar refractivity (Wildman–Crippen MR) is 111 cm³/mol. The molecule has 2 aliphatic heterocycles. The number of ether oxygens (including phenoxy) is 3. The Morgan fingerprint density at radius 2 is 1.61 bits per heavy atom. The van der Waals surface area contributed by atoms with Crippen molar-refractivity contribution in [1.29, 1.82) is 0 Å². The summed E-state index contributed by atoms with van der Waals surface area (Å²) in [6.07, 6.45) is 1.24. The summed E-state index contributed by atoms with van der Waals surface area (Å²) < 4.78 is 16.6. The van der Waals surface area contributed by atoms with Crippen molar-refractivity contribution < 1.29 is 23.8 Å². The van der Waals surface area contributed by atoms with Crippen LogP contribution in [-0.2, 0) is 4.74 Å². The first-order valence-electron chi connectivity index (χ1n) is 9.14. The second kappa shape index (κ2) is 8.92. The zero-order valence-electron chi connectivity index (χ0n) is 15.2. The second-order valence-electron chi connectivity index (χ2n) is 6.41. The molecule has 5 nitrogen and oxygen atoms in total. The lowest BCUT2D eigenvalue weighted by Crippen LogP contribution is -2.17. The molecule has 0 N–H and O–H groups in total. The molecule has 2 aromatic rings. The van der Waals surface area contributed by atoms with Crippen molar-refractivity contribution in [3.63, 3.8) is 0 Å². The first-order valence-corrected chi connectivity index (χ1v) is 11.2. The van der Waals surface area contributed by atoms with Gasteiger partial charge in [-0.2, -0.15) is 0 Å². The Balaban J connectivity index is 1.34. The molecule has 0 spiro atoms. The average molecular weight is 417 g/mol. The van der Waals surface area contributed by atoms with E-state index in [0.717, 1.165) is 0 Å². The lowest BCUT2D eigenvalue weighted by molar-refractivity contribution is 0.0474. The van der Waals surface area contributed by atoms with Crippen LogP contribution in [0, 0.1) is 0 Å². The topological polar surface area (TPSA) is 61.8 Å². The summed E-state index contributed by atoms with van der Waals surface area (Å²) in [5.74, 6) is 2.72. The van der Waals surface area contributed by atoms with E-state index in [4.69, 9.17) is 14.2 Å². The smallest absolute Gasteiger partial charge is 0.338 e. The van der Waals surface area contributed by atoms with E-state index >= 15 is 0 Å². The van der Waals surface area contributed by atoms with Crippen LogP contribution < -0.4 is 9.47 Å². The molecular weight excluding hydrogens is 396 g/mol. The van der Waals surface area contributed by atoms with E-state index in [9.17, 15) is 9.59 Å². The number of ketones is 1. The Morgan fingerprint density at radius 1 is 0.929 bits per heavy atom. The van der Waals surface area contributed by atoms with Crippen molar-refractivity contribution in [1.82, 2.24) is 0 Å². The molecule has 7 heteroatoms. The fourth-order valence-corrected chi connectivity index (χ4v) is 5.87. The zero-order valence-corrected chi connectivity index (χ0v) is 16.9. The van der Waals surface area contributed by atoms with Gasteiger partial charge in [0.05, 0.1) is 10.1 Å². The van der Waals surface area contributed by atoms with Crippen LogP contribution in [0.4, 0.5) is 0 Å². The van der Waals surface area contributed by atoms with Crippen molar-refractivity contribution in [2.24, 2.45) is 0 Å². The first kappa shape index (κ1) is 19.2. The van der Waals surface area contributed by atoms with Crippen molar-refractivity contribution in [3.8, 4) is 11.5 Å². The third-order valence-corrected chi connectivity index (χ3v) is 7.46. The molecule has 0 atom stereocenters. The lowest BCUT2D eigenvalue weighted by atomic mass is 10.1. The van der Waals surface area contributed by atoms with E-state index in [1.165, 1.54) is 23.5 Å². The minimum absolute atomic E-state index is 0.281. The minimum Gasteiger partial charge on any atom is -0.486 e. The summed E-state index contributed by atoms with van der Waals surface area (Å²) in [6.45, 7) is 0.636. The fraction of sp³-hybridized carbons (Fsp3) is 0.333. The van der Waals surface area contributed by atoms with Gasteiger partial charge in [0, 0.05) is 5.56 Å². The maximum absolute atomic E-state index is 12.3. The number of hydrogen-bond acceptors (Lipinski definition) is 7. The van der Waals surface area contributed by atoms with Gasteiger partial charge >= 0.3 is 5.97 Å². The summed E-state index contributed by atoms with van der Waals surface area (Å²) in [6, 6.07) is 12.4. The maximum atomic E-state index is 12.3. The third kappa shape index (κ3) is 4.47. The van der Waals surface area contributed by atoms with Gasteiger partial charge in [-0.15, -0.1) is 23.5 Å². The van der Waals surface area contributed by atoms with E-state index in [-0.39, 0.29) is 12.4 Å². The number of hydrogen-bond donors (Lipinski definition) is 0. The van der Waals surface area contributed by atoms with Crippen LogP contribution in [0.15, 0.2) is 42.5 Å². The highest BCUT2D eigenvalue weighted by atomic mass is 32.2. The van der Waals surface area contributed by atoms with Crippen molar-refractivity contribution >= 4 is 35.3 Å². The number of carbonyl (C=O) groups is 2. The quantitative estimate of drug-likeness (QED) is 0.530. The highest BCUT2D eigenvalue weighted by molar-refractivity contribution is 8.16. The normalized spacial score (nSPS) is 16.4. The van der Waals surface area contributed by atoms with Crippen molar-refractivity contribution in [2.75, 3.05) is 31.3 Å². The Morgan fingerprint density at radius 3 is 2.36 bits per heavy atom. The molecule has 0 bridgehead atoms. The molecule has 0 aromatic heterocycles. The number of esters is 1. The molecule has 2 heterocycles. The third-order valence-electron chi connectivity index (χ3n) is 4.44. The largest absolute Gasteiger partial charge is 0.486 e. The first-order chi connectivity index (χ1) is 13.7. The van der Waals surface area contributed by atoms with Gasteiger partial charge in [-0.25, -0.2) is 4.79 Å². The van der Waals surface area contributed by atoms with E-state index < -0.39 is 5.97 Å². The molecule has 28 heavy (non-hydrogen) atoms. The predicted octanol–water partition coefficient (Wildman–Crippen LogP) is 4.37. The van der Waals surface area contributed by atoms with Crippen LogP contribution in [0.1, 0.15) is 37.3 Å².